The van der Waals surface area contributed by atoms with E-state index in [0.29, 0.717) is 29.1 Å². The fraction of sp³-hybridized carbons (Fsp3) is 0.358. The van der Waals surface area contributed by atoms with Gasteiger partial charge in [-0.05, 0) is 164 Å². The third-order valence-corrected chi connectivity index (χ3v) is 17.9. The Kier molecular flexibility index (Phi) is 5.20. The standard InChI is InChI=1S/C53H44N4/c1-2-7-36(8-3-1)56-41-11-5-4-9-38(41)47-37(10-6-12-42(47)56)29-20-39-48-43(25-54-50-31-16-27-13-28(17-31)15-30(14-27)45(48)50)57-44-26-55-51-33-19-35-22-34-18-32(23-53(34,35)24-33)46(51)49(44)40(21-29)52(39)57/h1-12,20-21,25-28,30-35H,13-19,22-24H2. The topological polar surface area (TPSA) is 35.1 Å². The summed E-state index contributed by atoms with van der Waals surface area (Å²) in [5, 5.41) is 8.61. The molecule has 0 aliphatic heterocycles. The van der Waals surface area contributed by atoms with Crippen molar-refractivity contribution < 1.29 is 0 Å². The second-order valence-corrected chi connectivity index (χ2v) is 20.2. The van der Waals surface area contributed by atoms with E-state index in [4.69, 9.17) is 9.97 Å². The summed E-state index contributed by atoms with van der Waals surface area (Å²) >= 11 is 0. The third-order valence-electron chi connectivity index (χ3n) is 17.9. The van der Waals surface area contributed by atoms with Gasteiger partial charge >= 0.3 is 0 Å². The van der Waals surface area contributed by atoms with Gasteiger partial charge in [0.05, 0.1) is 40.0 Å². The van der Waals surface area contributed by atoms with Crippen LogP contribution in [-0.2, 0) is 0 Å². The van der Waals surface area contributed by atoms with E-state index in [1.807, 2.05) is 0 Å². The number of para-hydroxylation sites is 2. The molecule has 7 atom stereocenters. The zero-order valence-corrected chi connectivity index (χ0v) is 32.2. The van der Waals surface area contributed by atoms with Gasteiger partial charge in [0.1, 0.15) is 0 Å². The number of rotatable bonds is 2. The highest BCUT2D eigenvalue weighted by molar-refractivity contribution is 6.27. The van der Waals surface area contributed by atoms with E-state index >= 15 is 0 Å². The lowest BCUT2D eigenvalue weighted by molar-refractivity contribution is 0.00321. The van der Waals surface area contributed by atoms with Gasteiger partial charge in [-0.2, -0.15) is 0 Å². The van der Waals surface area contributed by atoms with Crippen molar-refractivity contribution in [2.24, 2.45) is 29.1 Å². The molecule has 7 unspecified atom stereocenters. The van der Waals surface area contributed by atoms with Crippen LogP contribution in [0.1, 0.15) is 110 Å². The summed E-state index contributed by atoms with van der Waals surface area (Å²) in [6.45, 7) is 0. The fourth-order valence-electron chi connectivity index (χ4n) is 16.2. The van der Waals surface area contributed by atoms with Gasteiger partial charge in [-0.25, -0.2) is 0 Å². The van der Waals surface area contributed by atoms with E-state index in [9.17, 15) is 0 Å². The first kappa shape index (κ1) is 29.9. The first-order valence-corrected chi connectivity index (χ1v) is 22.3. The second-order valence-electron chi connectivity index (χ2n) is 20.2. The Morgan fingerprint density at radius 2 is 1.16 bits per heavy atom. The van der Waals surface area contributed by atoms with Crippen molar-refractivity contribution in [3.8, 4) is 16.8 Å². The predicted octanol–water partition coefficient (Wildman–Crippen LogP) is 13.2. The van der Waals surface area contributed by atoms with Gasteiger partial charge in [0.2, 0.25) is 0 Å². The van der Waals surface area contributed by atoms with Crippen molar-refractivity contribution in [3.63, 3.8) is 0 Å². The smallest absolute Gasteiger partial charge is 0.0728 e. The molecule has 8 aliphatic carbocycles. The highest BCUT2D eigenvalue weighted by atomic mass is 15.0. The van der Waals surface area contributed by atoms with E-state index in [0.717, 1.165) is 23.7 Å². The molecule has 276 valence electrons. The van der Waals surface area contributed by atoms with Gasteiger partial charge in [0.15, 0.2) is 0 Å². The largest absolute Gasteiger partial charge is 0.309 e. The molecule has 0 amide bonds. The van der Waals surface area contributed by atoms with Crippen LogP contribution in [-0.4, -0.2) is 18.9 Å². The normalized spacial score (nSPS) is 31.6. The lowest BCUT2D eigenvalue weighted by atomic mass is 9.56. The number of fused-ring (bicyclic) bond motifs is 15. The van der Waals surface area contributed by atoms with Crippen molar-refractivity contribution >= 4 is 59.9 Å². The van der Waals surface area contributed by atoms with Crippen LogP contribution >= 0.6 is 0 Å². The summed E-state index contributed by atoms with van der Waals surface area (Å²) in [7, 11) is 0. The van der Waals surface area contributed by atoms with Gasteiger partial charge in [0.25, 0.3) is 0 Å². The Morgan fingerprint density at radius 1 is 0.509 bits per heavy atom. The molecule has 7 bridgehead atoms. The first-order valence-electron chi connectivity index (χ1n) is 22.3. The zero-order chi connectivity index (χ0) is 36.5. The molecular weight excluding hydrogens is 693 g/mol. The number of aromatic nitrogens is 4. The predicted molar refractivity (Wildman–Crippen MR) is 230 cm³/mol. The highest BCUT2D eigenvalue weighted by Crippen LogP contribution is 2.76. The molecule has 0 N–H and O–H groups in total. The Balaban J connectivity index is 1.06. The molecule has 8 aliphatic rings. The Hall–Kier alpha value is -5.22. The quantitative estimate of drug-likeness (QED) is 0.177. The summed E-state index contributed by atoms with van der Waals surface area (Å²) in [5.74, 6) is 6.08. The molecule has 1 spiro atoms. The second kappa shape index (κ2) is 9.89. The summed E-state index contributed by atoms with van der Waals surface area (Å²) < 4.78 is 5.14. The van der Waals surface area contributed by atoms with E-state index in [1.165, 1.54) is 152 Å². The minimum Gasteiger partial charge on any atom is -0.309 e. The molecule has 4 nitrogen and oxygen atoms in total. The third kappa shape index (κ3) is 3.43. The molecule has 4 heteroatoms. The van der Waals surface area contributed by atoms with Crippen molar-refractivity contribution in [1.82, 2.24) is 18.9 Å². The van der Waals surface area contributed by atoms with E-state index in [-0.39, 0.29) is 0 Å². The van der Waals surface area contributed by atoms with Crippen molar-refractivity contribution in [3.05, 3.63) is 120 Å². The number of pyridine rings is 2. The van der Waals surface area contributed by atoms with E-state index in [2.05, 4.69) is 106 Å². The van der Waals surface area contributed by atoms with E-state index in [1.54, 1.807) is 11.1 Å². The number of benzene rings is 4. The van der Waals surface area contributed by atoms with Gasteiger partial charge in [-0.3, -0.25) is 9.97 Å². The maximum Gasteiger partial charge on any atom is 0.0728 e. The van der Waals surface area contributed by atoms with Crippen LogP contribution in [0.3, 0.4) is 0 Å². The Morgan fingerprint density at radius 3 is 1.95 bits per heavy atom. The van der Waals surface area contributed by atoms with Crippen molar-refractivity contribution in [1.29, 1.82) is 0 Å². The first-order chi connectivity index (χ1) is 28.2. The van der Waals surface area contributed by atoms with Crippen LogP contribution in [0.25, 0.3) is 76.7 Å². The molecule has 17 rings (SSSR count). The Labute approximate surface area is 331 Å². The average molecular weight is 737 g/mol. The minimum atomic E-state index is 0.601. The highest BCUT2D eigenvalue weighted by Gasteiger charge is 2.66. The number of nitrogens with zero attached hydrogens (tertiary/aromatic N) is 4. The molecule has 4 aromatic carbocycles. The minimum absolute atomic E-state index is 0.601. The summed E-state index contributed by atoms with van der Waals surface area (Å²) in [5.41, 5.74) is 17.3. The molecular formula is C53H44N4. The molecule has 57 heavy (non-hydrogen) atoms. The molecule has 5 heterocycles. The maximum absolute atomic E-state index is 5.57. The lowest BCUT2D eigenvalue weighted by Gasteiger charge is -2.48. The van der Waals surface area contributed by atoms with Crippen molar-refractivity contribution in [2.75, 3.05) is 0 Å². The lowest BCUT2D eigenvalue weighted by Crippen LogP contribution is -2.41. The van der Waals surface area contributed by atoms with Gasteiger partial charge in [-0.15, -0.1) is 0 Å². The van der Waals surface area contributed by atoms with Crippen LogP contribution < -0.4 is 0 Å². The van der Waals surface area contributed by atoms with Crippen LogP contribution in [0.4, 0.5) is 0 Å². The Bertz CT molecular complexity index is 3260. The van der Waals surface area contributed by atoms with Gasteiger partial charge in [0, 0.05) is 61.2 Å². The summed E-state index contributed by atoms with van der Waals surface area (Å²) in [6, 6.07) is 32.3. The van der Waals surface area contributed by atoms with Crippen LogP contribution in [0.15, 0.2) is 97.3 Å². The van der Waals surface area contributed by atoms with Gasteiger partial charge < -0.3 is 8.97 Å². The average Bonchev–Trinajstić information content (AvgIpc) is 3.97. The molecule has 0 radical (unpaired) electrons. The molecule has 5 fully saturated rings. The van der Waals surface area contributed by atoms with Crippen LogP contribution in [0.2, 0.25) is 0 Å². The van der Waals surface area contributed by atoms with Gasteiger partial charge in [-0.1, -0.05) is 48.5 Å². The maximum atomic E-state index is 5.57. The molecule has 5 aromatic heterocycles. The van der Waals surface area contributed by atoms with Crippen LogP contribution in [0.5, 0.6) is 0 Å². The number of hydrogen-bond donors (Lipinski definition) is 0. The zero-order valence-electron chi connectivity index (χ0n) is 32.2. The monoisotopic (exact) mass is 736 g/mol. The number of hydrogen-bond acceptors (Lipinski definition) is 2. The molecule has 9 aromatic rings. The van der Waals surface area contributed by atoms with E-state index < -0.39 is 0 Å². The SMILES string of the molecule is c1ccc(-n2c3ccccc3c3c(-c4cc5c6c7c(ncc6n6c8cnc9c(c8c(c4)c56)C4CC5CC6CC9CC65C4)C4CC5CC(C4)CC7C5)cccc32)cc1. The summed E-state index contributed by atoms with van der Waals surface area (Å²) in [4.78, 5) is 11.1. The van der Waals surface area contributed by atoms with Crippen molar-refractivity contribution in [2.45, 2.75) is 87.9 Å². The molecule has 5 saturated carbocycles. The van der Waals surface area contributed by atoms with Crippen LogP contribution in [0, 0.1) is 29.1 Å². The summed E-state index contributed by atoms with van der Waals surface area (Å²) in [6.07, 6.45) is 18.4. The fourth-order valence-corrected chi connectivity index (χ4v) is 16.2. The molecule has 0 saturated heterocycles.